The molecule has 0 amide bonds. The van der Waals surface area contributed by atoms with Crippen molar-refractivity contribution in [3.8, 4) is 0 Å². The molecule has 0 bridgehead atoms. The highest BCUT2D eigenvalue weighted by molar-refractivity contribution is 5.84. The fourth-order valence-corrected chi connectivity index (χ4v) is 2.45. The molecule has 3 rings (SSSR count). The molecule has 2 aliphatic heterocycles. The SMILES string of the molecule is CC(C)c1ccccc1N1CC=C2N=CC=C21. The minimum Gasteiger partial charge on any atom is -0.335 e. The molecule has 1 aromatic rings. The second-order valence-corrected chi connectivity index (χ2v) is 4.74. The van der Waals surface area contributed by atoms with Crippen molar-refractivity contribution in [2.24, 2.45) is 4.99 Å². The van der Waals surface area contributed by atoms with Gasteiger partial charge in [0, 0.05) is 18.4 Å². The molecular formula is C15H16N2. The van der Waals surface area contributed by atoms with Crippen molar-refractivity contribution in [2.75, 3.05) is 11.4 Å². The first-order chi connectivity index (χ1) is 8.27. The average Bonchev–Trinajstić information content (AvgIpc) is 2.90. The topological polar surface area (TPSA) is 15.6 Å². The average molecular weight is 224 g/mol. The zero-order valence-corrected chi connectivity index (χ0v) is 10.2. The number of para-hydroxylation sites is 1. The molecule has 0 radical (unpaired) electrons. The van der Waals surface area contributed by atoms with Gasteiger partial charge in [-0.05, 0) is 29.7 Å². The van der Waals surface area contributed by atoms with E-state index in [4.69, 9.17) is 0 Å². The normalized spacial score (nSPS) is 17.5. The molecular weight excluding hydrogens is 208 g/mol. The molecule has 0 saturated heterocycles. The predicted molar refractivity (Wildman–Crippen MR) is 72.5 cm³/mol. The van der Waals surface area contributed by atoms with E-state index < -0.39 is 0 Å². The van der Waals surface area contributed by atoms with Crippen molar-refractivity contribution in [3.63, 3.8) is 0 Å². The van der Waals surface area contributed by atoms with Crippen LogP contribution < -0.4 is 4.90 Å². The maximum absolute atomic E-state index is 4.35. The third kappa shape index (κ3) is 1.60. The Labute approximate surface area is 102 Å². The van der Waals surface area contributed by atoms with Gasteiger partial charge in [0.15, 0.2) is 0 Å². The van der Waals surface area contributed by atoms with E-state index in [1.807, 2.05) is 6.21 Å². The number of hydrogen-bond acceptors (Lipinski definition) is 2. The Morgan fingerprint density at radius 1 is 1.24 bits per heavy atom. The monoisotopic (exact) mass is 224 g/mol. The largest absolute Gasteiger partial charge is 0.335 e. The van der Waals surface area contributed by atoms with Crippen molar-refractivity contribution in [2.45, 2.75) is 19.8 Å². The Hall–Kier alpha value is -1.83. The minimum atomic E-state index is 0.540. The highest BCUT2D eigenvalue weighted by atomic mass is 15.2. The van der Waals surface area contributed by atoms with Gasteiger partial charge in [-0.3, -0.25) is 4.99 Å². The standard InChI is InChI=1S/C15H16N2/c1-11(2)12-5-3-4-6-14(12)17-10-8-13-15(17)7-9-16-13/h3-9,11H,10H2,1-2H3. The molecule has 0 spiro atoms. The molecule has 0 N–H and O–H groups in total. The number of nitrogens with zero attached hydrogens (tertiary/aromatic N) is 2. The Balaban J connectivity index is 2.02. The maximum atomic E-state index is 4.35. The van der Waals surface area contributed by atoms with Crippen molar-refractivity contribution in [3.05, 3.63) is 53.4 Å². The van der Waals surface area contributed by atoms with Gasteiger partial charge in [-0.2, -0.15) is 0 Å². The number of hydrogen-bond donors (Lipinski definition) is 0. The highest BCUT2D eigenvalue weighted by Crippen LogP contribution is 2.35. The number of anilines is 1. The number of benzene rings is 1. The molecule has 0 saturated carbocycles. The van der Waals surface area contributed by atoms with Crippen LogP contribution in [0.5, 0.6) is 0 Å². The molecule has 0 aliphatic carbocycles. The molecule has 17 heavy (non-hydrogen) atoms. The molecule has 0 aromatic heterocycles. The van der Waals surface area contributed by atoms with Gasteiger partial charge in [0.1, 0.15) is 0 Å². The predicted octanol–water partition coefficient (Wildman–Crippen LogP) is 3.48. The summed E-state index contributed by atoms with van der Waals surface area (Å²) >= 11 is 0. The lowest BCUT2D eigenvalue weighted by atomic mass is 10.0. The van der Waals surface area contributed by atoms with Crippen LogP contribution in [0.1, 0.15) is 25.3 Å². The van der Waals surface area contributed by atoms with Crippen LogP contribution in [0.3, 0.4) is 0 Å². The Kier molecular flexibility index (Phi) is 2.36. The van der Waals surface area contributed by atoms with Crippen LogP contribution >= 0.6 is 0 Å². The summed E-state index contributed by atoms with van der Waals surface area (Å²) in [5.74, 6) is 0.540. The summed E-state index contributed by atoms with van der Waals surface area (Å²) in [6, 6.07) is 8.64. The van der Waals surface area contributed by atoms with Crippen LogP contribution in [0.15, 0.2) is 52.8 Å². The molecule has 2 heteroatoms. The van der Waals surface area contributed by atoms with Crippen LogP contribution in [0.4, 0.5) is 5.69 Å². The van der Waals surface area contributed by atoms with Gasteiger partial charge in [0.2, 0.25) is 0 Å². The number of rotatable bonds is 2. The van der Waals surface area contributed by atoms with Crippen molar-refractivity contribution < 1.29 is 0 Å². The highest BCUT2D eigenvalue weighted by Gasteiger charge is 2.24. The smallest absolute Gasteiger partial charge is 0.0845 e. The van der Waals surface area contributed by atoms with Crippen LogP contribution in [0.25, 0.3) is 0 Å². The lowest BCUT2D eigenvalue weighted by molar-refractivity contribution is 0.857. The zero-order valence-electron chi connectivity index (χ0n) is 10.2. The number of aliphatic imine (C=N–C) groups is 1. The van der Waals surface area contributed by atoms with E-state index in [2.05, 4.69) is 60.2 Å². The summed E-state index contributed by atoms with van der Waals surface area (Å²) in [6.45, 7) is 5.41. The van der Waals surface area contributed by atoms with Gasteiger partial charge >= 0.3 is 0 Å². The number of allylic oxidation sites excluding steroid dienone is 1. The summed E-state index contributed by atoms with van der Waals surface area (Å²) in [4.78, 5) is 6.69. The minimum absolute atomic E-state index is 0.540. The molecule has 2 nitrogen and oxygen atoms in total. The maximum Gasteiger partial charge on any atom is 0.0845 e. The van der Waals surface area contributed by atoms with Gasteiger partial charge in [-0.25, -0.2) is 0 Å². The summed E-state index contributed by atoms with van der Waals surface area (Å²) in [6.07, 6.45) is 6.16. The molecule has 1 aromatic carbocycles. The van der Waals surface area contributed by atoms with E-state index in [1.54, 1.807) is 0 Å². The van der Waals surface area contributed by atoms with E-state index in [9.17, 15) is 0 Å². The van der Waals surface area contributed by atoms with E-state index in [-0.39, 0.29) is 0 Å². The third-order valence-corrected chi connectivity index (χ3v) is 3.32. The van der Waals surface area contributed by atoms with Gasteiger partial charge in [-0.1, -0.05) is 32.0 Å². The lowest BCUT2D eigenvalue weighted by Crippen LogP contribution is -2.19. The van der Waals surface area contributed by atoms with Crippen LogP contribution in [0, 0.1) is 0 Å². The molecule has 0 unspecified atom stereocenters. The van der Waals surface area contributed by atoms with Crippen molar-refractivity contribution >= 4 is 11.9 Å². The van der Waals surface area contributed by atoms with Gasteiger partial charge in [0.05, 0.1) is 11.4 Å². The Morgan fingerprint density at radius 3 is 2.88 bits per heavy atom. The molecule has 0 atom stereocenters. The van der Waals surface area contributed by atoms with Crippen LogP contribution in [-0.2, 0) is 0 Å². The molecule has 0 fully saturated rings. The fourth-order valence-electron chi connectivity index (χ4n) is 2.45. The van der Waals surface area contributed by atoms with Crippen LogP contribution in [0.2, 0.25) is 0 Å². The summed E-state index contributed by atoms with van der Waals surface area (Å²) in [5.41, 5.74) is 5.06. The Bertz CT molecular complexity index is 536. The summed E-state index contributed by atoms with van der Waals surface area (Å²) < 4.78 is 0. The van der Waals surface area contributed by atoms with Crippen LogP contribution in [-0.4, -0.2) is 12.8 Å². The van der Waals surface area contributed by atoms with Crippen molar-refractivity contribution in [1.29, 1.82) is 0 Å². The van der Waals surface area contributed by atoms with E-state index in [0.29, 0.717) is 5.92 Å². The molecule has 2 heterocycles. The summed E-state index contributed by atoms with van der Waals surface area (Å²) in [5, 5.41) is 0. The van der Waals surface area contributed by atoms with Gasteiger partial charge in [-0.15, -0.1) is 0 Å². The molecule has 2 aliphatic rings. The zero-order chi connectivity index (χ0) is 11.8. The first kappa shape index (κ1) is 10.3. The van der Waals surface area contributed by atoms with E-state index >= 15 is 0 Å². The first-order valence-corrected chi connectivity index (χ1v) is 6.08. The fraction of sp³-hybridized carbons (Fsp3) is 0.267. The quantitative estimate of drug-likeness (QED) is 0.751. The van der Waals surface area contributed by atoms with Gasteiger partial charge < -0.3 is 4.90 Å². The molecule has 86 valence electrons. The van der Waals surface area contributed by atoms with E-state index in [0.717, 1.165) is 12.2 Å². The third-order valence-electron chi connectivity index (χ3n) is 3.32. The first-order valence-electron chi connectivity index (χ1n) is 6.08. The van der Waals surface area contributed by atoms with Gasteiger partial charge in [0.25, 0.3) is 0 Å². The van der Waals surface area contributed by atoms with E-state index in [1.165, 1.54) is 16.9 Å². The second kappa shape index (κ2) is 3.88. The summed E-state index contributed by atoms with van der Waals surface area (Å²) in [7, 11) is 0. The van der Waals surface area contributed by atoms with Crippen molar-refractivity contribution in [1.82, 2.24) is 0 Å². The Morgan fingerprint density at radius 2 is 2.06 bits per heavy atom. The second-order valence-electron chi connectivity index (χ2n) is 4.74. The lowest BCUT2D eigenvalue weighted by Gasteiger charge is -2.24. The number of fused-ring (bicyclic) bond motifs is 1.